The van der Waals surface area contributed by atoms with Gasteiger partial charge < -0.3 is 14.8 Å². The molecule has 6 heteroatoms. The van der Waals surface area contributed by atoms with E-state index < -0.39 is 5.97 Å². The molecule has 0 unspecified atom stereocenters. The Kier molecular flexibility index (Phi) is 6.07. The summed E-state index contributed by atoms with van der Waals surface area (Å²) >= 11 is 0. The van der Waals surface area contributed by atoms with Crippen molar-refractivity contribution >= 4 is 5.97 Å². The number of aryl methyl sites for hydroxylation is 1. The molecule has 1 aromatic rings. The number of aromatic nitrogens is 2. The van der Waals surface area contributed by atoms with Gasteiger partial charge in [0.1, 0.15) is 6.61 Å². The molecule has 0 fully saturated rings. The molecule has 0 aromatic carbocycles. The van der Waals surface area contributed by atoms with Crippen LogP contribution >= 0.6 is 0 Å². The van der Waals surface area contributed by atoms with E-state index in [-0.39, 0.29) is 6.01 Å². The molecule has 0 amide bonds. The topological polar surface area (TPSA) is 73.3 Å². The van der Waals surface area contributed by atoms with E-state index in [0.717, 1.165) is 13.1 Å². The van der Waals surface area contributed by atoms with Gasteiger partial charge in [-0.05, 0) is 20.4 Å². The number of nitrogens with zero attached hydrogens (tertiary/aromatic N) is 2. The lowest BCUT2D eigenvalue weighted by Crippen LogP contribution is -2.21. The van der Waals surface area contributed by atoms with E-state index in [1.54, 1.807) is 13.8 Å². The summed E-state index contributed by atoms with van der Waals surface area (Å²) in [4.78, 5) is 19.6. The van der Waals surface area contributed by atoms with Gasteiger partial charge in [-0.2, -0.15) is 4.98 Å². The predicted molar refractivity (Wildman–Crippen MR) is 66.8 cm³/mol. The second-order valence-corrected chi connectivity index (χ2v) is 3.57. The van der Waals surface area contributed by atoms with Crippen molar-refractivity contribution in [2.24, 2.45) is 0 Å². The van der Waals surface area contributed by atoms with Gasteiger partial charge >= 0.3 is 12.0 Å². The Hall–Kier alpha value is -1.69. The number of hydrogen-bond donors (Lipinski definition) is 1. The smallest absolute Gasteiger partial charge is 0.341 e. The summed E-state index contributed by atoms with van der Waals surface area (Å²) in [5.41, 5.74) is 0.929. The van der Waals surface area contributed by atoms with Gasteiger partial charge in [-0.25, -0.2) is 9.78 Å². The van der Waals surface area contributed by atoms with E-state index in [2.05, 4.69) is 15.3 Å². The fourth-order valence-corrected chi connectivity index (χ4v) is 1.32. The van der Waals surface area contributed by atoms with Crippen LogP contribution in [0.4, 0.5) is 0 Å². The summed E-state index contributed by atoms with van der Waals surface area (Å²) in [5.74, 6) is -0.408. The van der Waals surface area contributed by atoms with Crippen LogP contribution in [-0.4, -0.2) is 42.2 Å². The number of carbonyl (C=O) groups is 1. The normalized spacial score (nSPS) is 10.2. The predicted octanol–water partition coefficient (Wildman–Crippen LogP) is 0.950. The lowest BCUT2D eigenvalue weighted by atomic mass is 10.2. The van der Waals surface area contributed by atoms with Crippen molar-refractivity contribution in [2.45, 2.75) is 20.8 Å². The molecular formula is C12H19N3O3. The first-order valence-electron chi connectivity index (χ1n) is 6.03. The van der Waals surface area contributed by atoms with Crippen molar-refractivity contribution in [3.05, 3.63) is 17.5 Å². The Labute approximate surface area is 107 Å². The Bertz CT molecular complexity index is 396. The summed E-state index contributed by atoms with van der Waals surface area (Å²) in [6.45, 7) is 7.96. The molecule has 6 nitrogen and oxygen atoms in total. The molecule has 1 aromatic heterocycles. The highest BCUT2D eigenvalue weighted by Gasteiger charge is 2.12. The summed E-state index contributed by atoms with van der Waals surface area (Å²) < 4.78 is 10.2. The van der Waals surface area contributed by atoms with Crippen LogP contribution in [0.15, 0.2) is 6.20 Å². The van der Waals surface area contributed by atoms with Crippen molar-refractivity contribution in [2.75, 3.05) is 26.3 Å². The van der Waals surface area contributed by atoms with Crippen LogP contribution in [0.1, 0.15) is 29.9 Å². The van der Waals surface area contributed by atoms with Crippen molar-refractivity contribution in [3.63, 3.8) is 0 Å². The van der Waals surface area contributed by atoms with Crippen LogP contribution in [0.25, 0.3) is 0 Å². The van der Waals surface area contributed by atoms with Crippen LogP contribution in [0.5, 0.6) is 6.01 Å². The minimum atomic E-state index is -0.408. The molecule has 0 aliphatic carbocycles. The SMILES string of the molecule is CCNCCOc1ncc(C(=O)OCC)c(C)n1. The van der Waals surface area contributed by atoms with Crippen molar-refractivity contribution in [3.8, 4) is 6.01 Å². The Balaban J connectivity index is 2.59. The molecule has 0 radical (unpaired) electrons. The van der Waals surface area contributed by atoms with Crippen LogP contribution in [-0.2, 0) is 4.74 Å². The minimum Gasteiger partial charge on any atom is -0.462 e. The van der Waals surface area contributed by atoms with E-state index in [4.69, 9.17) is 9.47 Å². The van der Waals surface area contributed by atoms with E-state index in [1.165, 1.54) is 6.20 Å². The quantitative estimate of drug-likeness (QED) is 0.576. The third-order valence-corrected chi connectivity index (χ3v) is 2.21. The minimum absolute atomic E-state index is 0.276. The molecule has 18 heavy (non-hydrogen) atoms. The first kappa shape index (κ1) is 14.4. The van der Waals surface area contributed by atoms with E-state index >= 15 is 0 Å². The first-order valence-corrected chi connectivity index (χ1v) is 6.03. The second kappa shape index (κ2) is 7.60. The van der Waals surface area contributed by atoms with Crippen LogP contribution in [0, 0.1) is 6.92 Å². The molecule has 0 saturated carbocycles. The molecule has 1 rings (SSSR count). The largest absolute Gasteiger partial charge is 0.462 e. The number of nitrogens with one attached hydrogen (secondary N) is 1. The van der Waals surface area contributed by atoms with Gasteiger partial charge in [0.05, 0.1) is 17.9 Å². The van der Waals surface area contributed by atoms with Gasteiger partial charge in [0.15, 0.2) is 0 Å². The van der Waals surface area contributed by atoms with Gasteiger partial charge in [0.25, 0.3) is 0 Å². The highest BCUT2D eigenvalue weighted by Crippen LogP contribution is 2.09. The number of esters is 1. The zero-order valence-electron chi connectivity index (χ0n) is 11.0. The van der Waals surface area contributed by atoms with Crippen LogP contribution < -0.4 is 10.1 Å². The molecule has 0 bridgehead atoms. The van der Waals surface area contributed by atoms with Gasteiger partial charge in [-0.3, -0.25) is 0 Å². The standard InChI is InChI=1S/C12H19N3O3/c1-4-13-6-7-18-12-14-8-10(9(3)15-12)11(16)17-5-2/h8,13H,4-7H2,1-3H3. The molecule has 100 valence electrons. The molecule has 0 aliphatic heterocycles. The maximum atomic E-state index is 11.5. The number of likely N-dealkylation sites (N-methyl/N-ethyl adjacent to an activating group) is 1. The van der Waals surface area contributed by atoms with Crippen molar-refractivity contribution < 1.29 is 14.3 Å². The molecule has 0 spiro atoms. The zero-order chi connectivity index (χ0) is 13.4. The maximum absolute atomic E-state index is 11.5. The fraction of sp³-hybridized carbons (Fsp3) is 0.583. The highest BCUT2D eigenvalue weighted by atomic mass is 16.5. The molecule has 0 aliphatic rings. The third kappa shape index (κ3) is 4.29. The number of ether oxygens (including phenoxy) is 2. The lowest BCUT2D eigenvalue weighted by Gasteiger charge is -2.07. The number of carbonyl (C=O) groups excluding carboxylic acids is 1. The molecule has 0 saturated heterocycles. The molecule has 0 atom stereocenters. The molecule has 1 heterocycles. The van der Waals surface area contributed by atoms with E-state index in [1.807, 2.05) is 6.92 Å². The summed E-state index contributed by atoms with van der Waals surface area (Å²) in [5, 5.41) is 3.12. The van der Waals surface area contributed by atoms with Crippen LogP contribution in [0.2, 0.25) is 0 Å². The Morgan fingerprint density at radius 2 is 2.22 bits per heavy atom. The highest BCUT2D eigenvalue weighted by molar-refractivity contribution is 5.90. The Morgan fingerprint density at radius 3 is 2.83 bits per heavy atom. The lowest BCUT2D eigenvalue weighted by molar-refractivity contribution is 0.0524. The average Bonchev–Trinajstić information content (AvgIpc) is 2.35. The van der Waals surface area contributed by atoms with Crippen molar-refractivity contribution in [1.82, 2.24) is 15.3 Å². The van der Waals surface area contributed by atoms with Gasteiger partial charge in [-0.1, -0.05) is 6.92 Å². The molecule has 1 N–H and O–H groups in total. The zero-order valence-corrected chi connectivity index (χ0v) is 11.0. The molecular weight excluding hydrogens is 234 g/mol. The first-order chi connectivity index (χ1) is 8.69. The second-order valence-electron chi connectivity index (χ2n) is 3.57. The summed E-state index contributed by atoms with van der Waals surface area (Å²) in [7, 11) is 0. The fourth-order valence-electron chi connectivity index (χ4n) is 1.32. The van der Waals surface area contributed by atoms with Gasteiger partial charge in [0.2, 0.25) is 0 Å². The van der Waals surface area contributed by atoms with E-state index in [0.29, 0.717) is 24.5 Å². The summed E-state index contributed by atoms with van der Waals surface area (Å²) in [6.07, 6.45) is 1.43. The van der Waals surface area contributed by atoms with Gasteiger partial charge in [0, 0.05) is 12.7 Å². The summed E-state index contributed by atoms with van der Waals surface area (Å²) in [6, 6.07) is 0.276. The third-order valence-electron chi connectivity index (χ3n) is 2.21. The van der Waals surface area contributed by atoms with Crippen LogP contribution in [0.3, 0.4) is 0 Å². The van der Waals surface area contributed by atoms with E-state index in [9.17, 15) is 4.79 Å². The monoisotopic (exact) mass is 253 g/mol. The van der Waals surface area contributed by atoms with Gasteiger partial charge in [-0.15, -0.1) is 0 Å². The average molecular weight is 253 g/mol. The maximum Gasteiger partial charge on any atom is 0.341 e. The number of rotatable bonds is 7. The van der Waals surface area contributed by atoms with Crippen molar-refractivity contribution in [1.29, 1.82) is 0 Å². The number of hydrogen-bond acceptors (Lipinski definition) is 6. The Morgan fingerprint density at radius 1 is 1.44 bits per heavy atom.